The number of nitrogens with zero attached hydrogens (tertiary/aromatic N) is 4. The zero-order chi connectivity index (χ0) is 22.2. The summed E-state index contributed by atoms with van der Waals surface area (Å²) in [7, 11) is 0. The van der Waals surface area contributed by atoms with Crippen LogP contribution in [0.5, 0.6) is 0 Å². The fourth-order valence-corrected chi connectivity index (χ4v) is 3.51. The van der Waals surface area contributed by atoms with E-state index >= 15 is 0 Å². The lowest BCUT2D eigenvalue weighted by Crippen LogP contribution is -2.15. The van der Waals surface area contributed by atoms with E-state index in [1.165, 1.54) is 30.1 Å². The van der Waals surface area contributed by atoms with Crippen molar-refractivity contribution in [3.05, 3.63) is 79.0 Å². The lowest BCUT2D eigenvalue weighted by Gasteiger charge is -2.05. The molecule has 0 amide bonds. The molecule has 32 heavy (non-hydrogen) atoms. The number of furan rings is 1. The molecule has 0 bridgehead atoms. The molecule has 0 aliphatic heterocycles. The molecule has 7 nitrogen and oxygen atoms in total. The van der Waals surface area contributed by atoms with Crippen LogP contribution >= 0.6 is 0 Å². The first-order chi connectivity index (χ1) is 15.5. The molecule has 0 spiro atoms. The number of hydrogen-bond acceptors (Lipinski definition) is 5. The van der Waals surface area contributed by atoms with E-state index in [2.05, 4.69) is 15.1 Å². The van der Waals surface area contributed by atoms with Crippen LogP contribution in [0.25, 0.3) is 44.9 Å². The molecular weight excluding hydrogens is 411 g/mol. The first-order valence-electron chi connectivity index (χ1n) is 9.89. The molecule has 0 saturated carbocycles. The van der Waals surface area contributed by atoms with Gasteiger partial charge in [0.15, 0.2) is 0 Å². The number of benzene rings is 2. The standard InChI is InChI=1S/C24H17FN4O3/c1-14(24(30)31)29-12-19(21(28-29)16-7-9-17(25)10-8-16)22-18-11-20(15-5-3-2-4-6-15)32-23(18)27-13-26-22/h2-14H,1H3,(H,30,31). The Morgan fingerprint density at radius 1 is 1.03 bits per heavy atom. The van der Waals surface area contributed by atoms with Crippen molar-refractivity contribution in [3.63, 3.8) is 0 Å². The van der Waals surface area contributed by atoms with E-state index in [1.54, 1.807) is 18.3 Å². The van der Waals surface area contributed by atoms with Crippen molar-refractivity contribution in [1.82, 2.24) is 19.7 Å². The zero-order valence-corrected chi connectivity index (χ0v) is 16.9. The van der Waals surface area contributed by atoms with Gasteiger partial charge in [0.25, 0.3) is 0 Å². The minimum absolute atomic E-state index is 0.375. The molecule has 8 heteroatoms. The van der Waals surface area contributed by atoms with Crippen molar-refractivity contribution in [2.75, 3.05) is 0 Å². The SMILES string of the molecule is CC(C(=O)O)n1cc(-c2ncnc3oc(-c4ccccc4)cc23)c(-c2ccc(F)cc2)n1. The molecule has 0 saturated heterocycles. The summed E-state index contributed by atoms with van der Waals surface area (Å²) in [5.74, 6) is -0.760. The number of rotatable bonds is 5. The molecule has 1 atom stereocenters. The number of aliphatic carboxylic acids is 1. The average molecular weight is 428 g/mol. The molecule has 3 aromatic heterocycles. The Morgan fingerprint density at radius 3 is 2.50 bits per heavy atom. The largest absolute Gasteiger partial charge is 0.480 e. The van der Waals surface area contributed by atoms with Crippen molar-refractivity contribution in [3.8, 4) is 33.8 Å². The molecule has 0 aliphatic carbocycles. The smallest absolute Gasteiger partial charge is 0.328 e. The normalized spacial score (nSPS) is 12.2. The van der Waals surface area contributed by atoms with Crippen LogP contribution in [0.4, 0.5) is 4.39 Å². The maximum absolute atomic E-state index is 13.5. The number of fused-ring (bicyclic) bond motifs is 1. The van der Waals surface area contributed by atoms with E-state index in [4.69, 9.17) is 4.42 Å². The van der Waals surface area contributed by atoms with Crippen molar-refractivity contribution in [2.24, 2.45) is 0 Å². The Kier molecular flexibility index (Phi) is 4.74. The van der Waals surface area contributed by atoms with Gasteiger partial charge in [-0.3, -0.25) is 4.68 Å². The van der Waals surface area contributed by atoms with Gasteiger partial charge in [0, 0.05) is 22.9 Å². The number of carboxylic acid groups (broad SMARTS) is 1. The lowest BCUT2D eigenvalue weighted by molar-refractivity contribution is -0.140. The van der Waals surface area contributed by atoms with Crippen LogP contribution in [0, 0.1) is 5.82 Å². The molecular formula is C24H17FN4O3. The zero-order valence-electron chi connectivity index (χ0n) is 16.9. The number of aromatic nitrogens is 4. The third-order valence-corrected chi connectivity index (χ3v) is 5.25. The first kappa shape index (κ1) is 19.6. The van der Waals surface area contributed by atoms with Crippen molar-refractivity contribution in [2.45, 2.75) is 13.0 Å². The van der Waals surface area contributed by atoms with Gasteiger partial charge in [0.2, 0.25) is 5.71 Å². The highest BCUT2D eigenvalue weighted by molar-refractivity contribution is 5.96. The molecule has 1 N–H and O–H groups in total. The van der Waals surface area contributed by atoms with Gasteiger partial charge >= 0.3 is 5.97 Å². The van der Waals surface area contributed by atoms with E-state index in [9.17, 15) is 14.3 Å². The summed E-state index contributed by atoms with van der Waals surface area (Å²) in [6, 6.07) is 16.4. The molecule has 0 radical (unpaired) electrons. The second-order valence-electron chi connectivity index (χ2n) is 7.31. The van der Waals surface area contributed by atoms with Crippen LogP contribution in [-0.4, -0.2) is 30.8 Å². The van der Waals surface area contributed by atoms with E-state index in [0.29, 0.717) is 39.4 Å². The Labute approximate surface area is 181 Å². The number of carboxylic acids is 1. The highest BCUT2D eigenvalue weighted by atomic mass is 19.1. The Balaban J connectivity index is 1.72. The topological polar surface area (TPSA) is 94.0 Å². The summed E-state index contributed by atoms with van der Waals surface area (Å²) in [4.78, 5) is 20.3. The summed E-state index contributed by atoms with van der Waals surface area (Å²) < 4.78 is 20.8. The van der Waals surface area contributed by atoms with Crippen LogP contribution in [-0.2, 0) is 4.79 Å². The quantitative estimate of drug-likeness (QED) is 0.413. The molecule has 3 heterocycles. The fraction of sp³-hybridized carbons (Fsp3) is 0.0833. The maximum Gasteiger partial charge on any atom is 0.328 e. The van der Waals surface area contributed by atoms with Gasteiger partial charge in [-0.2, -0.15) is 5.10 Å². The highest BCUT2D eigenvalue weighted by Gasteiger charge is 2.23. The summed E-state index contributed by atoms with van der Waals surface area (Å²) in [6.45, 7) is 1.54. The van der Waals surface area contributed by atoms with Gasteiger partial charge in [-0.05, 0) is 37.3 Å². The molecule has 158 valence electrons. The van der Waals surface area contributed by atoms with Crippen LogP contribution in [0.3, 0.4) is 0 Å². The summed E-state index contributed by atoms with van der Waals surface area (Å²) in [5, 5.41) is 14.6. The molecule has 5 aromatic rings. The number of halogens is 1. The average Bonchev–Trinajstić information content (AvgIpc) is 3.44. The summed E-state index contributed by atoms with van der Waals surface area (Å²) >= 11 is 0. The highest BCUT2D eigenvalue weighted by Crippen LogP contribution is 2.37. The van der Waals surface area contributed by atoms with Crippen LogP contribution in [0.2, 0.25) is 0 Å². The molecule has 1 unspecified atom stereocenters. The summed E-state index contributed by atoms with van der Waals surface area (Å²) in [5.41, 5.74) is 3.56. The minimum Gasteiger partial charge on any atom is -0.480 e. The maximum atomic E-state index is 13.5. The molecule has 2 aromatic carbocycles. The first-order valence-corrected chi connectivity index (χ1v) is 9.89. The minimum atomic E-state index is -1.02. The second-order valence-corrected chi connectivity index (χ2v) is 7.31. The van der Waals surface area contributed by atoms with Crippen LogP contribution < -0.4 is 0 Å². The van der Waals surface area contributed by atoms with E-state index in [1.807, 2.05) is 36.4 Å². The molecule has 0 fully saturated rings. The van der Waals surface area contributed by atoms with Gasteiger partial charge in [-0.15, -0.1) is 0 Å². The van der Waals surface area contributed by atoms with Crippen molar-refractivity contribution in [1.29, 1.82) is 0 Å². The van der Waals surface area contributed by atoms with Gasteiger partial charge in [-0.25, -0.2) is 19.2 Å². The van der Waals surface area contributed by atoms with E-state index in [0.717, 1.165) is 5.56 Å². The van der Waals surface area contributed by atoms with Gasteiger partial charge in [-0.1, -0.05) is 30.3 Å². The Bertz CT molecular complexity index is 1430. The van der Waals surface area contributed by atoms with E-state index < -0.39 is 12.0 Å². The van der Waals surface area contributed by atoms with Crippen molar-refractivity contribution < 1.29 is 18.7 Å². The monoisotopic (exact) mass is 428 g/mol. The predicted molar refractivity (Wildman–Crippen MR) is 116 cm³/mol. The molecule has 5 rings (SSSR count). The number of hydrogen-bond donors (Lipinski definition) is 1. The van der Waals surface area contributed by atoms with Gasteiger partial charge < -0.3 is 9.52 Å². The van der Waals surface area contributed by atoms with E-state index in [-0.39, 0.29) is 5.82 Å². The molecule has 0 aliphatic rings. The third-order valence-electron chi connectivity index (χ3n) is 5.25. The van der Waals surface area contributed by atoms with Crippen LogP contribution in [0.15, 0.2) is 77.6 Å². The second kappa shape index (κ2) is 7.73. The van der Waals surface area contributed by atoms with Crippen LogP contribution in [0.1, 0.15) is 13.0 Å². The van der Waals surface area contributed by atoms with Gasteiger partial charge in [0.05, 0.1) is 11.1 Å². The predicted octanol–water partition coefficient (Wildman–Crippen LogP) is 5.21. The Morgan fingerprint density at radius 2 is 1.78 bits per heavy atom. The third kappa shape index (κ3) is 3.41. The fourth-order valence-electron chi connectivity index (χ4n) is 3.51. The Hall–Kier alpha value is -4.33. The number of carbonyl (C=O) groups is 1. The van der Waals surface area contributed by atoms with Gasteiger partial charge in [0.1, 0.15) is 29.6 Å². The lowest BCUT2D eigenvalue weighted by atomic mass is 10.0. The van der Waals surface area contributed by atoms with Crippen molar-refractivity contribution >= 4 is 17.1 Å². The summed E-state index contributed by atoms with van der Waals surface area (Å²) in [6.07, 6.45) is 3.02.